The highest BCUT2D eigenvalue weighted by molar-refractivity contribution is 6.18. The number of benzene rings is 11. The number of furan rings is 1. The van der Waals surface area contributed by atoms with Crippen LogP contribution in [0.2, 0.25) is 0 Å². The molecule has 0 radical (unpaired) electrons. The van der Waals surface area contributed by atoms with E-state index in [1.165, 1.54) is 49.7 Å². The van der Waals surface area contributed by atoms with Crippen LogP contribution in [-0.2, 0) is 0 Å². The lowest BCUT2D eigenvalue weighted by Crippen LogP contribution is -2.11. The van der Waals surface area contributed by atoms with Gasteiger partial charge < -0.3 is 13.9 Å². The zero-order chi connectivity index (χ0) is 45.7. The lowest BCUT2D eigenvalue weighted by Gasteiger charge is -2.28. The van der Waals surface area contributed by atoms with E-state index in [9.17, 15) is 0 Å². The van der Waals surface area contributed by atoms with Crippen LogP contribution in [0.25, 0.3) is 105 Å². The number of aromatic nitrogens is 1. The van der Waals surface area contributed by atoms with E-state index in [1.807, 2.05) is 6.07 Å². The lowest BCUT2D eigenvalue weighted by atomic mass is 9.94. The first-order chi connectivity index (χ1) is 34.2. The van der Waals surface area contributed by atoms with Gasteiger partial charge in [-0.25, -0.2) is 0 Å². The average Bonchev–Trinajstić information content (AvgIpc) is 3.98. The van der Waals surface area contributed by atoms with Crippen LogP contribution in [0.15, 0.2) is 271 Å². The molecule has 13 rings (SSSR count). The van der Waals surface area contributed by atoms with Crippen molar-refractivity contribution in [3.63, 3.8) is 0 Å². The largest absolute Gasteiger partial charge is 0.456 e. The maximum atomic E-state index is 6.39. The summed E-state index contributed by atoms with van der Waals surface area (Å²) in [5.74, 6) is 0. The Morgan fingerprint density at radius 2 is 0.739 bits per heavy atom. The Morgan fingerprint density at radius 1 is 0.290 bits per heavy atom. The number of nitrogens with zero attached hydrogens (tertiary/aromatic N) is 2. The molecule has 13 aromatic rings. The normalized spacial score (nSPS) is 11.5. The van der Waals surface area contributed by atoms with Crippen LogP contribution >= 0.6 is 0 Å². The van der Waals surface area contributed by atoms with Gasteiger partial charge in [0.15, 0.2) is 0 Å². The predicted molar refractivity (Wildman–Crippen MR) is 290 cm³/mol. The highest BCUT2D eigenvalue weighted by Crippen LogP contribution is 2.45. The third kappa shape index (κ3) is 7.08. The smallest absolute Gasteiger partial charge is 0.137 e. The second-order valence-corrected chi connectivity index (χ2v) is 17.6. The van der Waals surface area contributed by atoms with Gasteiger partial charge in [-0.1, -0.05) is 200 Å². The topological polar surface area (TPSA) is 21.3 Å². The van der Waals surface area contributed by atoms with Gasteiger partial charge in [0.2, 0.25) is 0 Å². The minimum atomic E-state index is 0.883. The molecule has 0 N–H and O–H groups in total. The van der Waals surface area contributed by atoms with Crippen molar-refractivity contribution in [3.8, 4) is 61.3 Å². The molecule has 324 valence electrons. The summed E-state index contributed by atoms with van der Waals surface area (Å²) >= 11 is 0. The van der Waals surface area contributed by atoms with Crippen LogP contribution in [0, 0.1) is 0 Å². The summed E-state index contributed by atoms with van der Waals surface area (Å²) in [5, 5.41) is 4.66. The van der Waals surface area contributed by atoms with Gasteiger partial charge in [0.25, 0.3) is 0 Å². The summed E-state index contributed by atoms with van der Waals surface area (Å²) in [6.45, 7) is 0. The van der Waals surface area contributed by atoms with Crippen molar-refractivity contribution in [3.05, 3.63) is 267 Å². The minimum absolute atomic E-state index is 0.883. The highest BCUT2D eigenvalue weighted by Gasteiger charge is 2.22. The van der Waals surface area contributed by atoms with Crippen molar-refractivity contribution in [1.29, 1.82) is 0 Å². The Balaban J connectivity index is 0.928. The quantitative estimate of drug-likeness (QED) is 0.144. The van der Waals surface area contributed by atoms with Crippen molar-refractivity contribution < 1.29 is 4.42 Å². The summed E-state index contributed by atoms with van der Waals surface area (Å²) in [7, 11) is 0. The Morgan fingerprint density at radius 3 is 1.41 bits per heavy atom. The van der Waals surface area contributed by atoms with Crippen LogP contribution in [-0.4, -0.2) is 4.57 Å². The number of para-hydroxylation sites is 3. The number of hydrogen-bond acceptors (Lipinski definition) is 2. The first kappa shape index (κ1) is 40.1. The molecular formula is C66H44N2O. The Hall–Kier alpha value is -9.18. The standard InChI is InChI=1S/C66H44N2O/c1-3-16-45(17-4-1)47-32-34-48(35-33-47)50-38-42-54(43-39-50)67(53-40-36-49(37-41-53)46-18-5-2-6-19-46)59-26-10-7-22-55(59)51-20-13-21-52(44-51)56-25-14-28-61-65(56)57-23-8-11-27-60(57)68(61)62-29-15-31-64-66(62)58-24-9-12-30-63(58)69-64/h1-44H. The fraction of sp³-hybridized carbons (Fsp3) is 0. The first-order valence-electron chi connectivity index (χ1n) is 23.6. The molecule has 0 saturated heterocycles. The molecule has 2 aromatic heterocycles. The van der Waals surface area contributed by atoms with E-state index >= 15 is 0 Å². The van der Waals surface area contributed by atoms with Crippen LogP contribution in [0.5, 0.6) is 0 Å². The van der Waals surface area contributed by atoms with E-state index in [0.717, 1.165) is 72.4 Å². The summed E-state index contributed by atoms with van der Waals surface area (Å²) < 4.78 is 8.81. The van der Waals surface area contributed by atoms with Gasteiger partial charge in [0.05, 0.1) is 27.8 Å². The fourth-order valence-electron chi connectivity index (χ4n) is 10.4. The molecule has 3 heteroatoms. The second-order valence-electron chi connectivity index (χ2n) is 17.6. The van der Waals surface area contributed by atoms with Crippen LogP contribution < -0.4 is 4.90 Å². The molecule has 0 aliphatic carbocycles. The Kier molecular flexibility index (Phi) is 9.84. The molecule has 0 atom stereocenters. The zero-order valence-electron chi connectivity index (χ0n) is 37.7. The monoisotopic (exact) mass is 880 g/mol. The van der Waals surface area contributed by atoms with Crippen molar-refractivity contribution >= 4 is 60.8 Å². The summed E-state index contributed by atoms with van der Waals surface area (Å²) in [6, 6.07) is 96.1. The van der Waals surface area contributed by atoms with E-state index in [2.05, 4.69) is 270 Å². The van der Waals surface area contributed by atoms with E-state index < -0.39 is 0 Å². The van der Waals surface area contributed by atoms with E-state index in [1.54, 1.807) is 0 Å². The third-order valence-electron chi connectivity index (χ3n) is 13.6. The van der Waals surface area contributed by atoms with Crippen molar-refractivity contribution in [2.45, 2.75) is 0 Å². The van der Waals surface area contributed by atoms with Gasteiger partial charge in [-0.2, -0.15) is 0 Å². The third-order valence-corrected chi connectivity index (χ3v) is 13.6. The van der Waals surface area contributed by atoms with Gasteiger partial charge in [0.1, 0.15) is 11.2 Å². The zero-order valence-corrected chi connectivity index (χ0v) is 37.7. The molecule has 69 heavy (non-hydrogen) atoms. The Bertz CT molecular complexity index is 3980. The molecule has 3 nitrogen and oxygen atoms in total. The molecule has 0 saturated carbocycles. The van der Waals surface area contributed by atoms with Crippen LogP contribution in [0.3, 0.4) is 0 Å². The number of rotatable bonds is 9. The number of hydrogen-bond donors (Lipinski definition) is 0. The predicted octanol–water partition coefficient (Wildman–Crippen LogP) is 18.5. The van der Waals surface area contributed by atoms with Gasteiger partial charge >= 0.3 is 0 Å². The first-order valence-corrected chi connectivity index (χ1v) is 23.6. The highest BCUT2D eigenvalue weighted by atomic mass is 16.3. The lowest BCUT2D eigenvalue weighted by molar-refractivity contribution is 0.669. The van der Waals surface area contributed by atoms with Crippen molar-refractivity contribution in [2.75, 3.05) is 4.90 Å². The molecule has 0 amide bonds. The molecule has 0 unspecified atom stereocenters. The van der Waals surface area contributed by atoms with Gasteiger partial charge in [-0.05, 0) is 117 Å². The van der Waals surface area contributed by atoms with E-state index in [-0.39, 0.29) is 0 Å². The summed E-state index contributed by atoms with van der Waals surface area (Å²) in [4.78, 5) is 2.40. The molecule has 0 fully saturated rings. The SMILES string of the molecule is c1ccc(-c2ccc(-c3ccc(N(c4ccc(-c5ccccc5)cc4)c4ccccc4-c4cccc(-c5cccc6c5c5ccccc5n6-c5cccc6oc7ccccc7c56)c4)cc3)cc2)cc1. The van der Waals surface area contributed by atoms with E-state index in [0.29, 0.717) is 0 Å². The number of fused-ring (bicyclic) bond motifs is 6. The molecule has 2 heterocycles. The molecule has 0 bridgehead atoms. The fourth-order valence-corrected chi connectivity index (χ4v) is 10.4. The molecular weight excluding hydrogens is 837 g/mol. The van der Waals surface area contributed by atoms with Gasteiger partial charge in [-0.15, -0.1) is 0 Å². The minimum Gasteiger partial charge on any atom is -0.456 e. The average molecular weight is 881 g/mol. The van der Waals surface area contributed by atoms with Gasteiger partial charge in [-0.3, -0.25) is 0 Å². The maximum absolute atomic E-state index is 6.39. The molecule has 11 aromatic carbocycles. The van der Waals surface area contributed by atoms with E-state index in [4.69, 9.17) is 4.42 Å². The molecule has 0 aliphatic heterocycles. The van der Waals surface area contributed by atoms with Crippen LogP contribution in [0.4, 0.5) is 17.1 Å². The molecule has 0 spiro atoms. The summed E-state index contributed by atoms with van der Waals surface area (Å²) in [5.41, 5.74) is 20.2. The van der Waals surface area contributed by atoms with Crippen LogP contribution in [0.1, 0.15) is 0 Å². The number of anilines is 3. The maximum Gasteiger partial charge on any atom is 0.137 e. The second kappa shape index (κ2) is 16.9. The van der Waals surface area contributed by atoms with Crippen molar-refractivity contribution in [2.24, 2.45) is 0 Å². The Labute approximate surface area is 401 Å². The van der Waals surface area contributed by atoms with Crippen molar-refractivity contribution in [1.82, 2.24) is 4.57 Å². The van der Waals surface area contributed by atoms with Gasteiger partial charge in [0, 0.05) is 33.1 Å². The summed E-state index contributed by atoms with van der Waals surface area (Å²) in [6.07, 6.45) is 0. The molecule has 0 aliphatic rings.